The van der Waals surface area contributed by atoms with Crippen molar-refractivity contribution in [2.45, 2.75) is 10.4 Å². The Morgan fingerprint density at radius 1 is 1.15 bits per heavy atom. The predicted octanol–water partition coefficient (Wildman–Crippen LogP) is 4.39. The summed E-state index contributed by atoms with van der Waals surface area (Å²) >= 11 is 8.63. The minimum atomic E-state index is -5.44. The van der Waals surface area contributed by atoms with E-state index in [4.69, 9.17) is 11.6 Å². The summed E-state index contributed by atoms with van der Waals surface area (Å²) in [7, 11) is -5.44. The summed E-state index contributed by atoms with van der Waals surface area (Å²) in [5.41, 5.74) is -5.23. The van der Waals surface area contributed by atoms with Gasteiger partial charge in [-0.25, -0.2) is 8.42 Å². The summed E-state index contributed by atoms with van der Waals surface area (Å²) in [5.74, 6) is 0. The number of rotatable bonds is 2. The number of aromatic nitrogens is 1. The quantitative estimate of drug-likeness (QED) is 0.829. The van der Waals surface area contributed by atoms with Crippen molar-refractivity contribution in [3.05, 3.63) is 40.0 Å². The Kier molecular flexibility index (Phi) is 3.92. The number of benzene rings is 1. The lowest BCUT2D eigenvalue weighted by Gasteiger charge is -2.09. The van der Waals surface area contributed by atoms with Gasteiger partial charge in [-0.05, 0) is 39.7 Å². The van der Waals surface area contributed by atoms with Gasteiger partial charge in [0.05, 0.1) is 10.3 Å². The zero-order valence-corrected chi connectivity index (χ0v) is 12.7. The Morgan fingerprint density at radius 3 is 2.20 bits per heavy atom. The standard InChI is InChI=1S/C11H6BrClF3NO2S/c12-9-5-8(20(18,19)11(14,15)16)10(17-9)6-1-3-7(13)4-2-6/h1-5,17H. The van der Waals surface area contributed by atoms with Gasteiger partial charge in [0.15, 0.2) is 0 Å². The third kappa shape index (κ3) is 2.72. The minimum absolute atomic E-state index is 0.130. The van der Waals surface area contributed by atoms with Gasteiger partial charge in [0.1, 0.15) is 4.90 Å². The highest BCUT2D eigenvalue weighted by molar-refractivity contribution is 9.10. The molecule has 20 heavy (non-hydrogen) atoms. The molecule has 2 rings (SSSR count). The first-order valence-corrected chi connectivity index (χ1v) is 7.74. The predicted molar refractivity (Wildman–Crippen MR) is 72.2 cm³/mol. The van der Waals surface area contributed by atoms with E-state index in [-0.39, 0.29) is 15.9 Å². The van der Waals surface area contributed by atoms with Crippen LogP contribution < -0.4 is 0 Å². The highest BCUT2D eigenvalue weighted by atomic mass is 79.9. The minimum Gasteiger partial charge on any atom is -0.348 e. The van der Waals surface area contributed by atoms with E-state index in [2.05, 4.69) is 20.9 Å². The molecule has 0 aliphatic carbocycles. The number of alkyl halides is 3. The second kappa shape index (κ2) is 5.09. The molecule has 0 aliphatic heterocycles. The molecule has 108 valence electrons. The molecule has 2 aromatic rings. The molecule has 9 heteroatoms. The maximum Gasteiger partial charge on any atom is 0.501 e. The lowest BCUT2D eigenvalue weighted by Crippen LogP contribution is -2.23. The first-order valence-electron chi connectivity index (χ1n) is 5.09. The monoisotopic (exact) mass is 387 g/mol. The van der Waals surface area contributed by atoms with E-state index in [9.17, 15) is 21.6 Å². The molecule has 1 aromatic carbocycles. The molecule has 0 amide bonds. The molecule has 0 saturated carbocycles. The van der Waals surface area contributed by atoms with Gasteiger partial charge >= 0.3 is 5.51 Å². The number of H-pyrrole nitrogens is 1. The molecule has 0 bridgehead atoms. The third-order valence-electron chi connectivity index (χ3n) is 2.48. The molecule has 0 atom stereocenters. The number of aromatic amines is 1. The molecule has 1 heterocycles. The number of nitrogens with one attached hydrogen (secondary N) is 1. The Balaban J connectivity index is 2.66. The van der Waals surface area contributed by atoms with Crippen LogP contribution in [-0.4, -0.2) is 18.9 Å². The van der Waals surface area contributed by atoms with Gasteiger partial charge in [0, 0.05) is 5.02 Å². The van der Waals surface area contributed by atoms with Crippen molar-refractivity contribution in [3.8, 4) is 11.3 Å². The van der Waals surface area contributed by atoms with E-state index in [1.54, 1.807) is 0 Å². The van der Waals surface area contributed by atoms with E-state index in [1.807, 2.05) is 0 Å². The zero-order chi connectivity index (χ0) is 15.1. The van der Waals surface area contributed by atoms with Crippen LogP contribution in [0.15, 0.2) is 39.8 Å². The number of hydrogen-bond donors (Lipinski definition) is 1. The van der Waals surface area contributed by atoms with Crippen molar-refractivity contribution in [2.24, 2.45) is 0 Å². The number of hydrogen-bond acceptors (Lipinski definition) is 2. The Bertz CT molecular complexity index is 738. The average Bonchev–Trinajstić information content (AvgIpc) is 2.71. The van der Waals surface area contributed by atoms with Crippen LogP contribution in [-0.2, 0) is 9.84 Å². The molecule has 0 unspecified atom stereocenters. The lowest BCUT2D eigenvalue weighted by molar-refractivity contribution is -0.0435. The van der Waals surface area contributed by atoms with Crippen LogP contribution in [0.5, 0.6) is 0 Å². The average molecular weight is 389 g/mol. The topological polar surface area (TPSA) is 49.9 Å². The van der Waals surface area contributed by atoms with Crippen molar-refractivity contribution in [2.75, 3.05) is 0 Å². The highest BCUT2D eigenvalue weighted by Crippen LogP contribution is 2.37. The Labute approximate surface area is 125 Å². The summed E-state index contributed by atoms with van der Waals surface area (Å²) in [5, 5.41) is 0.389. The van der Waals surface area contributed by atoms with Crippen molar-refractivity contribution in [1.29, 1.82) is 0 Å². The van der Waals surface area contributed by atoms with Gasteiger partial charge in [-0.2, -0.15) is 13.2 Å². The molecule has 1 aromatic heterocycles. The van der Waals surface area contributed by atoms with Crippen LogP contribution in [0.25, 0.3) is 11.3 Å². The van der Waals surface area contributed by atoms with Crippen LogP contribution in [0.2, 0.25) is 5.02 Å². The van der Waals surface area contributed by atoms with Crippen molar-refractivity contribution in [1.82, 2.24) is 4.98 Å². The van der Waals surface area contributed by atoms with Gasteiger partial charge in [-0.1, -0.05) is 23.7 Å². The summed E-state index contributed by atoms with van der Waals surface area (Å²) in [6, 6.07) is 6.64. The molecular formula is C11H6BrClF3NO2S. The molecule has 0 aliphatic rings. The molecular weight excluding hydrogens is 383 g/mol. The van der Waals surface area contributed by atoms with Gasteiger partial charge < -0.3 is 4.98 Å². The molecule has 0 radical (unpaired) electrons. The van der Waals surface area contributed by atoms with E-state index in [0.29, 0.717) is 5.02 Å². The summed E-state index contributed by atoms with van der Waals surface area (Å²) in [4.78, 5) is 1.72. The van der Waals surface area contributed by atoms with Gasteiger partial charge in [0.2, 0.25) is 0 Å². The van der Waals surface area contributed by atoms with Crippen molar-refractivity contribution in [3.63, 3.8) is 0 Å². The fourth-order valence-electron chi connectivity index (χ4n) is 1.57. The molecule has 1 N–H and O–H groups in total. The van der Waals surface area contributed by atoms with E-state index >= 15 is 0 Å². The molecule has 0 saturated heterocycles. The second-order valence-electron chi connectivity index (χ2n) is 3.81. The van der Waals surface area contributed by atoms with E-state index < -0.39 is 20.2 Å². The van der Waals surface area contributed by atoms with Crippen molar-refractivity contribution >= 4 is 37.4 Å². The zero-order valence-electron chi connectivity index (χ0n) is 9.50. The third-order valence-corrected chi connectivity index (χ3v) is 4.67. The first kappa shape index (κ1) is 15.4. The fourth-order valence-corrected chi connectivity index (χ4v) is 3.24. The summed E-state index contributed by atoms with van der Waals surface area (Å²) in [6.45, 7) is 0. The second-order valence-corrected chi connectivity index (χ2v) is 7.01. The van der Waals surface area contributed by atoms with Crippen molar-refractivity contribution < 1.29 is 21.6 Å². The SMILES string of the molecule is O=S(=O)(c1cc(Br)[nH]c1-c1ccc(Cl)cc1)C(F)(F)F. The Hall–Kier alpha value is -0.990. The van der Waals surface area contributed by atoms with Crippen LogP contribution in [0.3, 0.4) is 0 Å². The highest BCUT2D eigenvalue weighted by Gasteiger charge is 2.48. The molecule has 0 spiro atoms. The fraction of sp³-hybridized carbons (Fsp3) is 0.0909. The molecule has 0 fully saturated rings. The normalized spacial score (nSPS) is 12.7. The van der Waals surface area contributed by atoms with E-state index in [1.165, 1.54) is 24.3 Å². The van der Waals surface area contributed by atoms with Crippen LogP contribution in [0.4, 0.5) is 13.2 Å². The molecule has 3 nitrogen and oxygen atoms in total. The number of sulfone groups is 1. The van der Waals surface area contributed by atoms with Gasteiger partial charge in [-0.15, -0.1) is 0 Å². The Morgan fingerprint density at radius 2 is 1.70 bits per heavy atom. The van der Waals surface area contributed by atoms with Crippen LogP contribution in [0.1, 0.15) is 0 Å². The maximum atomic E-state index is 12.6. The van der Waals surface area contributed by atoms with Crippen LogP contribution >= 0.6 is 27.5 Å². The summed E-state index contributed by atoms with van der Waals surface area (Å²) < 4.78 is 61.2. The smallest absolute Gasteiger partial charge is 0.348 e. The lowest BCUT2D eigenvalue weighted by atomic mass is 10.2. The van der Waals surface area contributed by atoms with Gasteiger partial charge in [0.25, 0.3) is 9.84 Å². The van der Waals surface area contributed by atoms with E-state index in [0.717, 1.165) is 6.07 Å². The first-order chi connectivity index (χ1) is 9.13. The largest absolute Gasteiger partial charge is 0.501 e. The maximum absolute atomic E-state index is 12.6. The van der Waals surface area contributed by atoms with Gasteiger partial charge in [-0.3, -0.25) is 0 Å². The van der Waals surface area contributed by atoms with Crippen LogP contribution in [0, 0.1) is 0 Å². The number of halogens is 5. The summed E-state index contributed by atoms with van der Waals surface area (Å²) in [6.07, 6.45) is 0.